The van der Waals surface area contributed by atoms with Crippen LogP contribution < -0.4 is 5.73 Å². The van der Waals surface area contributed by atoms with Crippen LogP contribution in [-0.2, 0) is 52.8 Å². The summed E-state index contributed by atoms with van der Waals surface area (Å²) in [6, 6.07) is 59.3. The zero-order valence-corrected chi connectivity index (χ0v) is 84.7. The highest BCUT2D eigenvalue weighted by Gasteiger charge is 2.38. The number of aryl methyl sites for hydroxylation is 6. The second kappa shape index (κ2) is 46.6. The molecule has 0 aliphatic carbocycles. The Labute approximate surface area is 867 Å². The van der Waals surface area contributed by atoms with Crippen LogP contribution in [0.2, 0.25) is 0 Å². The Morgan fingerprint density at radius 3 is 0.872 bits per heavy atom. The van der Waals surface area contributed by atoms with Crippen LogP contribution in [0.15, 0.2) is 283 Å². The van der Waals surface area contributed by atoms with Gasteiger partial charge in [-0.15, -0.1) is 0 Å². The number of fused-ring (bicyclic) bond motifs is 6. The number of nitrogens with two attached hydrogens (primary N) is 1. The summed E-state index contributed by atoms with van der Waals surface area (Å²) >= 11 is 4.39. The Kier molecular flexibility index (Phi) is 32.1. The Bertz CT molecular complexity index is 7770. The fraction of sp³-hybridized carbons (Fsp3) is 0.257. The second-order valence-electron chi connectivity index (χ2n) is 35.8. The minimum atomic E-state index is -3.56. The minimum absolute atomic E-state index is 0.0263. The Balaban J connectivity index is 0.000000113. The molecule has 0 amide bonds. The second-order valence-corrected chi connectivity index (χ2v) is 39.8. The maximum atomic E-state index is 13.4. The van der Waals surface area contributed by atoms with Crippen LogP contribution in [0.4, 0.5) is 22.0 Å². The average Bonchev–Trinajstić information content (AvgIpc) is 1.61. The lowest BCUT2D eigenvalue weighted by molar-refractivity contribution is 0.234. The quantitative estimate of drug-likeness (QED) is 0.00830. The molecule has 0 fully saturated rings. The van der Waals surface area contributed by atoms with Crippen LogP contribution in [0.3, 0.4) is 0 Å². The molecule has 24 rings (SSSR count). The van der Waals surface area contributed by atoms with E-state index in [1.165, 1.54) is 95.9 Å². The number of pyridine rings is 3. The van der Waals surface area contributed by atoms with Crippen LogP contribution in [0, 0.1) is 29.1 Å². The largest absolute Gasteiger partial charge is 0.394 e. The third-order valence-electron chi connectivity index (χ3n) is 26.7. The van der Waals surface area contributed by atoms with Gasteiger partial charge in [-0.3, -0.25) is 19.1 Å². The van der Waals surface area contributed by atoms with E-state index in [9.17, 15) is 45.7 Å². The number of nitrogens with zero attached hydrogens (tertiary/aromatic N) is 24. The van der Waals surface area contributed by atoms with Crippen LogP contribution >= 0.6 is 35.3 Å². The molecule has 149 heavy (non-hydrogen) atoms. The van der Waals surface area contributed by atoms with Crippen LogP contribution in [0.1, 0.15) is 110 Å². The number of hydrogen-bond acceptors (Lipinski definition) is 26. The van der Waals surface area contributed by atoms with E-state index in [0.717, 1.165) is 236 Å². The van der Waals surface area contributed by atoms with Gasteiger partial charge in [-0.2, -0.15) is 8.42 Å². The molecule has 0 bridgehead atoms. The molecule has 31 nitrogen and oxygen atoms in total. The van der Waals surface area contributed by atoms with Gasteiger partial charge in [0, 0.05) is 174 Å². The lowest BCUT2D eigenvalue weighted by Crippen LogP contribution is -2.16. The molecule has 6 atom stereocenters. The predicted molar refractivity (Wildman–Crippen MR) is 563 cm³/mol. The monoisotopic (exact) mass is 2080 g/mol. The molecule has 6 aliphatic heterocycles. The van der Waals surface area contributed by atoms with Gasteiger partial charge in [0.25, 0.3) is 10.1 Å². The molecule has 758 valence electrons. The SMILES string of the molecule is CSc1nccc(-c2c(-c3ccc(F)cc3)nc3n2[C@H](CN)CC3)n1.CSc1nccc(-c2c(-c3ccc(F)cc3)nc3n2[C@H](CN=[N+]=[N-])CC3)n1.CSc1nccc(-c2c(-c3ccc(F)cc3)nc3n2[C@H](COS(C)(=O)=O)CC3)n1.OC[C@@H]1CCc2nc(-c3ccc(F)cc3)c(-c3ccncc3)n21.OC[C@@H]1CCc2nc(-c3ccccc3)c(-c3ccncc3)n21.OC[C@H]1CCc2nc(-c3ccc(F)cc3)c(-c3ccncc3)n21. The molecule has 40 heteroatoms. The molecule has 6 aromatic carbocycles. The molecule has 5 N–H and O–H groups in total. The van der Waals surface area contributed by atoms with Gasteiger partial charge in [-0.25, -0.2) is 81.8 Å². The number of aliphatic hydroxyl groups is 3. The zero-order chi connectivity index (χ0) is 103. The van der Waals surface area contributed by atoms with Crippen molar-refractivity contribution in [2.75, 3.05) is 64.5 Å². The third-order valence-corrected chi connectivity index (χ3v) is 29.0. The summed E-state index contributed by atoms with van der Waals surface area (Å²) in [5.41, 5.74) is 35.8. The lowest BCUT2D eigenvalue weighted by Gasteiger charge is -2.17. The number of thioether (sulfide) groups is 3. The van der Waals surface area contributed by atoms with Crippen molar-refractivity contribution < 1.29 is 49.9 Å². The molecule has 0 spiro atoms. The number of aliphatic hydroxyl groups excluding tert-OH is 3. The summed E-state index contributed by atoms with van der Waals surface area (Å²) in [5.74, 6) is 4.34. The fourth-order valence-electron chi connectivity index (χ4n) is 19.9. The molecule has 18 heterocycles. The van der Waals surface area contributed by atoms with Crippen molar-refractivity contribution in [2.24, 2.45) is 10.8 Å². The van der Waals surface area contributed by atoms with Crippen molar-refractivity contribution in [1.82, 2.24) is 102 Å². The standard InChI is InChI=1S/C19H19FN4O3S2.C18H16FN7S.C18H18FN5S.2C18H16FN3O.C18H17N3O/c1-28-19-21-10-9-15(22-19)18-17(12-3-5-13(20)6-4-12)23-16-8-7-14(24(16)18)11-27-29(2,25)26;1-27-18-21-9-8-14(23-18)17-16(11-2-4-12(19)5-3-11)24-15-7-6-13(26(15)17)10-22-25-20;1-25-18-21-9-8-14(22-18)17-16(11-2-4-12(19)5-3-11)23-15-7-6-13(10-20)24(15)17;2*19-14-3-1-12(2-4-14)17-18(13-7-9-20-10-8-13)22-15(11-23)5-6-16(22)21-17;22-12-15-6-7-16-20-17(13-4-2-1-3-5-13)18(21(15)16)14-8-10-19-11-9-14/h3-6,9-10,14H,7-8,11H2,1-2H3;2-5,8-9,13H,6-7,10H2,1H3;2-5,8-9,13H,6-7,10,20H2,1H3;2*1-4,7-10,15,23H,5-6,11H2;1-5,8-11,15,22H,6-7,12H2/t14-;2*13-;3*15-/m000100/s1. The van der Waals surface area contributed by atoms with Crippen molar-refractivity contribution in [3.63, 3.8) is 0 Å². The highest BCUT2D eigenvalue weighted by Crippen LogP contribution is 2.48. The van der Waals surface area contributed by atoms with Crippen LogP contribution in [-0.4, -0.2) is 190 Å². The number of halogens is 5. The minimum Gasteiger partial charge on any atom is -0.394 e. The molecular weight excluding hydrogens is 1980 g/mol. The van der Waals surface area contributed by atoms with Gasteiger partial charge in [-0.1, -0.05) is 70.7 Å². The highest BCUT2D eigenvalue weighted by molar-refractivity contribution is 7.98. The van der Waals surface area contributed by atoms with E-state index in [-0.39, 0.29) is 91.8 Å². The topological polar surface area (TPSA) is 402 Å². The first kappa shape index (κ1) is 103. The summed E-state index contributed by atoms with van der Waals surface area (Å²) in [6.45, 7) is 1.26. The first-order chi connectivity index (χ1) is 72.7. The van der Waals surface area contributed by atoms with Gasteiger partial charge >= 0.3 is 0 Å². The maximum Gasteiger partial charge on any atom is 0.264 e. The van der Waals surface area contributed by atoms with E-state index in [2.05, 4.69) is 89.9 Å². The Morgan fingerprint density at radius 1 is 0.342 bits per heavy atom. The van der Waals surface area contributed by atoms with Crippen LogP contribution in [0.5, 0.6) is 0 Å². The number of aromatic nitrogens is 21. The first-order valence-electron chi connectivity index (χ1n) is 48.4. The van der Waals surface area contributed by atoms with Crippen molar-refractivity contribution in [3.8, 4) is 135 Å². The van der Waals surface area contributed by atoms with Crippen molar-refractivity contribution >= 4 is 45.4 Å². The summed E-state index contributed by atoms with van der Waals surface area (Å²) in [4.78, 5) is 70.7. The molecule has 6 aliphatic rings. The number of benzene rings is 6. The summed E-state index contributed by atoms with van der Waals surface area (Å²) in [6.07, 6.45) is 32.8. The molecule has 0 saturated carbocycles. The third kappa shape index (κ3) is 22.4. The molecule has 0 radical (unpaired) electrons. The van der Waals surface area contributed by atoms with Gasteiger partial charge < -0.3 is 48.5 Å². The smallest absolute Gasteiger partial charge is 0.264 e. The van der Waals surface area contributed by atoms with E-state index in [1.54, 1.807) is 123 Å². The van der Waals surface area contributed by atoms with E-state index < -0.39 is 10.1 Å². The van der Waals surface area contributed by atoms with Crippen LogP contribution in [0.25, 0.3) is 146 Å². The number of imidazole rings is 6. The highest BCUT2D eigenvalue weighted by atomic mass is 32.2. The lowest BCUT2D eigenvalue weighted by atomic mass is 10.0. The number of hydrogen-bond donors (Lipinski definition) is 4. The maximum absolute atomic E-state index is 13.4. The zero-order valence-electron chi connectivity index (χ0n) is 81.4. The van der Waals surface area contributed by atoms with E-state index in [1.807, 2.05) is 90.1 Å². The van der Waals surface area contributed by atoms with Gasteiger partial charge in [0.05, 0.1) is 142 Å². The van der Waals surface area contributed by atoms with E-state index in [0.29, 0.717) is 46.4 Å². The molecule has 0 saturated heterocycles. The number of rotatable bonds is 24. The Hall–Kier alpha value is -15.0. The first-order valence-corrected chi connectivity index (χ1v) is 53.9. The van der Waals surface area contributed by atoms with Crippen molar-refractivity contribution in [1.29, 1.82) is 0 Å². The van der Waals surface area contributed by atoms with Gasteiger partial charge in [-0.05, 0) is 239 Å². The van der Waals surface area contributed by atoms with Gasteiger partial charge in [0.2, 0.25) is 0 Å². The summed E-state index contributed by atoms with van der Waals surface area (Å²) < 4.78 is 107. The molecule has 0 unspecified atom stereocenters. The van der Waals surface area contributed by atoms with Gasteiger partial charge in [0.15, 0.2) is 15.5 Å². The fourth-order valence-corrected chi connectivity index (χ4v) is 21.4. The van der Waals surface area contributed by atoms with E-state index >= 15 is 0 Å². The van der Waals surface area contributed by atoms with Gasteiger partial charge in [0.1, 0.15) is 64.0 Å². The summed E-state index contributed by atoms with van der Waals surface area (Å²) in [7, 11) is -3.56. The molecule has 18 aromatic rings. The van der Waals surface area contributed by atoms with E-state index in [4.69, 9.17) is 45.4 Å². The number of azide groups is 1. The molecule has 12 aromatic heterocycles. The predicted octanol–water partition coefficient (Wildman–Crippen LogP) is 20.9. The summed E-state index contributed by atoms with van der Waals surface area (Å²) in [5, 5.41) is 34.8. The Morgan fingerprint density at radius 2 is 0.597 bits per heavy atom. The normalized spacial score (nSPS) is 16.2. The van der Waals surface area contributed by atoms with Crippen molar-refractivity contribution in [3.05, 3.63) is 337 Å². The molecular formula is C109H102F5N25O6S4. The van der Waals surface area contributed by atoms with Crippen molar-refractivity contribution in [2.45, 2.75) is 129 Å². The average molecular weight is 2080 g/mol.